The smallest absolute Gasteiger partial charge is 0.410 e. The van der Waals surface area contributed by atoms with E-state index in [4.69, 9.17) is 9.47 Å². The molecule has 0 radical (unpaired) electrons. The van der Waals surface area contributed by atoms with Gasteiger partial charge >= 0.3 is 24.1 Å². The number of amides is 2. The summed E-state index contributed by atoms with van der Waals surface area (Å²) in [5, 5.41) is 12.1. The fourth-order valence-corrected chi connectivity index (χ4v) is 4.48. The molecule has 0 saturated carbocycles. The molecule has 210 valence electrons. The molecule has 0 fully saturated rings. The van der Waals surface area contributed by atoms with Gasteiger partial charge in [-0.1, -0.05) is 48.5 Å². The first-order chi connectivity index (χ1) is 18.5. The number of carboxylic acids is 1. The van der Waals surface area contributed by atoms with Gasteiger partial charge in [0.05, 0.1) is 13.5 Å². The van der Waals surface area contributed by atoms with Crippen LogP contribution in [0.1, 0.15) is 57.1 Å². The van der Waals surface area contributed by atoms with Gasteiger partial charge in [0.1, 0.15) is 18.2 Å². The summed E-state index contributed by atoms with van der Waals surface area (Å²) in [4.78, 5) is 49.9. The van der Waals surface area contributed by atoms with Gasteiger partial charge in [-0.2, -0.15) is 0 Å². The Morgan fingerprint density at radius 2 is 1.56 bits per heavy atom. The minimum atomic E-state index is -1.22. The molecule has 0 saturated heterocycles. The SMILES string of the molecule is COC(=O)CCN(CCCC(NC(=O)OCC1c2ccccc2-c2ccccc21)C(=O)O)C(=O)OC(C)(C)C. The predicted molar refractivity (Wildman–Crippen MR) is 143 cm³/mol. The number of carbonyl (C=O) groups excluding carboxylic acids is 3. The number of fused-ring (bicyclic) bond motifs is 3. The number of esters is 1. The molecular formula is C29H36N2O8. The van der Waals surface area contributed by atoms with Crippen molar-refractivity contribution in [2.24, 2.45) is 0 Å². The number of alkyl carbamates (subject to hydrolysis) is 1. The van der Waals surface area contributed by atoms with Crippen molar-refractivity contribution in [2.45, 2.75) is 57.6 Å². The Labute approximate surface area is 228 Å². The van der Waals surface area contributed by atoms with E-state index in [0.717, 1.165) is 22.3 Å². The maximum absolute atomic E-state index is 12.6. The highest BCUT2D eigenvalue weighted by atomic mass is 16.6. The minimum Gasteiger partial charge on any atom is -0.480 e. The Hall–Kier alpha value is -4.08. The summed E-state index contributed by atoms with van der Waals surface area (Å²) >= 11 is 0. The summed E-state index contributed by atoms with van der Waals surface area (Å²) in [6.07, 6.45) is -1.21. The molecule has 1 aliphatic rings. The number of nitrogens with zero attached hydrogens (tertiary/aromatic N) is 1. The molecule has 2 aromatic rings. The summed E-state index contributed by atoms with van der Waals surface area (Å²) in [6.45, 7) is 5.42. The standard InChI is InChI=1S/C29H36N2O8/c1-29(2,3)39-28(36)31(17-15-25(32)37-4)16-9-14-24(26(33)34)30-27(35)38-18-23-21-12-7-5-10-19(21)20-11-6-8-13-22(20)23/h5-8,10-13,23-24H,9,14-18H2,1-4H3,(H,30,35)(H,33,34). The van der Waals surface area contributed by atoms with Gasteiger partial charge in [-0.05, 0) is 55.9 Å². The molecule has 1 unspecified atom stereocenters. The van der Waals surface area contributed by atoms with Gasteiger partial charge in [-0.15, -0.1) is 0 Å². The van der Waals surface area contributed by atoms with Gasteiger partial charge in [-0.3, -0.25) is 4.79 Å². The minimum absolute atomic E-state index is 0.0316. The van der Waals surface area contributed by atoms with Gasteiger partial charge in [0.15, 0.2) is 0 Å². The zero-order chi connectivity index (χ0) is 28.6. The largest absolute Gasteiger partial charge is 0.480 e. The van der Waals surface area contributed by atoms with E-state index in [0.29, 0.717) is 0 Å². The third-order valence-corrected chi connectivity index (χ3v) is 6.32. The molecule has 1 atom stereocenters. The van der Waals surface area contributed by atoms with E-state index in [-0.39, 0.29) is 44.9 Å². The number of methoxy groups -OCH3 is 1. The van der Waals surface area contributed by atoms with E-state index < -0.39 is 35.8 Å². The predicted octanol–water partition coefficient (Wildman–Crippen LogP) is 4.56. The summed E-state index contributed by atoms with van der Waals surface area (Å²) in [5.41, 5.74) is 3.54. The van der Waals surface area contributed by atoms with Crippen LogP contribution in [-0.4, -0.2) is 72.6 Å². The first kappa shape index (κ1) is 29.5. The van der Waals surface area contributed by atoms with Crippen molar-refractivity contribution in [3.8, 4) is 11.1 Å². The van der Waals surface area contributed by atoms with Crippen LogP contribution < -0.4 is 5.32 Å². The number of benzene rings is 2. The van der Waals surface area contributed by atoms with Gasteiger partial charge in [0, 0.05) is 19.0 Å². The normalized spacial score (nSPS) is 13.0. The van der Waals surface area contributed by atoms with Crippen molar-refractivity contribution < 1.29 is 38.5 Å². The lowest BCUT2D eigenvalue weighted by atomic mass is 9.98. The van der Waals surface area contributed by atoms with E-state index in [1.807, 2.05) is 48.5 Å². The first-order valence-corrected chi connectivity index (χ1v) is 12.9. The second-order valence-electron chi connectivity index (χ2n) is 10.3. The zero-order valence-corrected chi connectivity index (χ0v) is 22.8. The number of rotatable bonds is 11. The van der Waals surface area contributed by atoms with Gasteiger partial charge in [-0.25, -0.2) is 14.4 Å². The number of hydrogen-bond acceptors (Lipinski definition) is 7. The highest BCUT2D eigenvalue weighted by molar-refractivity contribution is 5.81. The molecule has 2 amide bonds. The van der Waals surface area contributed by atoms with Crippen LogP contribution in [0.2, 0.25) is 0 Å². The van der Waals surface area contributed by atoms with Gasteiger partial charge in [0.2, 0.25) is 0 Å². The van der Waals surface area contributed by atoms with Crippen molar-refractivity contribution in [1.29, 1.82) is 0 Å². The van der Waals surface area contributed by atoms with E-state index in [1.165, 1.54) is 12.0 Å². The summed E-state index contributed by atoms with van der Waals surface area (Å²) in [7, 11) is 1.26. The molecule has 1 aliphatic carbocycles. The van der Waals surface area contributed by atoms with Crippen molar-refractivity contribution >= 4 is 24.1 Å². The third kappa shape index (κ3) is 8.20. The quantitative estimate of drug-likeness (QED) is 0.313. The lowest BCUT2D eigenvalue weighted by molar-refractivity contribution is -0.141. The maximum Gasteiger partial charge on any atom is 0.410 e. The lowest BCUT2D eigenvalue weighted by Gasteiger charge is -2.27. The van der Waals surface area contributed by atoms with E-state index in [2.05, 4.69) is 10.1 Å². The molecule has 39 heavy (non-hydrogen) atoms. The van der Waals surface area contributed by atoms with Crippen LogP contribution in [0.15, 0.2) is 48.5 Å². The van der Waals surface area contributed by atoms with Crippen LogP contribution in [0.4, 0.5) is 9.59 Å². The Bertz CT molecular complexity index is 1140. The molecule has 2 aromatic carbocycles. The second-order valence-corrected chi connectivity index (χ2v) is 10.3. The van der Waals surface area contributed by atoms with Crippen molar-refractivity contribution in [1.82, 2.24) is 10.2 Å². The Morgan fingerprint density at radius 3 is 2.10 bits per heavy atom. The first-order valence-electron chi connectivity index (χ1n) is 12.9. The van der Waals surface area contributed by atoms with Gasteiger partial charge in [0.25, 0.3) is 0 Å². The maximum atomic E-state index is 12.6. The molecule has 3 rings (SSSR count). The van der Waals surface area contributed by atoms with E-state index in [1.54, 1.807) is 20.8 Å². The van der Waals surface area contributed by atoms with Crippen LogP contribution in [-0.2, 0) is 23.8 Å². The second kappa shape index (κ2) is 13.1. The molecule has 10 nitrogen and oxygen atoms in total. The molecule has 10 heteroatoms. The topological polar surface area (TPSA) is 131 Å². The molecule has 0 aromatic heterocycles. The van der Waals surface area contributed by atoms with Crippen LogP contribution in [0.25, 0.3) is 11.1 Å². The number of carboxylic acid groups (broad SMARTS) is 1. The van der Waals surface area contributed by atoms with Crippen molar-refractivity contribution in [3.05, 3.63) is 59.7 Å². The molecule has 0 heterocycles. The Balaban J connectivity index is 1.56. The van der Waals surface area contributed by atoms with Crippen LogP contribution in [0.5, 0.6) is 0 Å². The van der Waals surface area contributed by atoms with E-state index in [9.17, 15) is 24.3 Å². The average molecular weight is 541 g/mol. The van der Waals surface area contributed by atoms with E-state index >= 15 is 0 Å². The monoisotopic (exact) mass is 540 g/mol. The molecular weight excluding hydrogens is 504 g/mol. The molecule has 0 aliphatic heterocycles. The van der Waals surface area contributed by atoms with Crippen molar-refractivity contribution in [3.63, 3.8) is 0 Å². The molecule has 0 spiro atoms. The Morgan fingerprint density at radius 1 is 0.974 bits per heavy atom. The summed E-state index contributed by atoms with van der Waals surface area (Å²) < 4.78 is 15.5. The average Bonchev–Trinajstić information content (AvgIpc) is 3.21. The fourth-order valence-electron chi connectivity index (χ4n) is 4.48. The number of aliphatic carboxylic acids is 1. The molecule has 2 N–H and O–H groups in total. The number of hydrogen-bond donors (Lipinski definition) is 2. The van der Waals surface area contributed by atoms with Crippen LogP contribution in [0, 0.1) is 0 Å². The number of nitrogens with one attached hydrogen (secondary N) is 1. The zero-order valence-electron chi connectivity index (χ0n) is 22.8. The highest BCUT2D eigenvalue weighted by Crippen LogP contribution is 2.44. The fraction of sp³-hybridized carbons (Fsp3) is 0.448. The third-order valence-electron chi connectivity index (χ3n) is 6.32. The number of carbonyl (C=O) groups is 4. The molecule has 0 bridgehead atoms. The van der Waals surface area contributed by atoms with Crippen molar-refractivity contribution in [2.75, 3.05) is 26.8 Å². The summed E-state index contributed by atoms with van der Waals surface area (Å²) in [5.74, 6) is -1.85. The lowest BCUT2D eigenvalue weighted by Crippen LogP contribution is -2.43. The summed E-state index contributed by atoms with van der Waals surface area (Å²) in [6, 6.07) is 14.6. The van der Waals surface area contributed by atoms with Gasteiger partial charge < -0.3 is 29.5 Å². The van der Waals surface area contributed by atoms with Crippen LogP contribution >= 0.6 is 0 Å². The number of ether oxygens (including phenoxy) is 3. The highest BCUT2D eigenvalue weighted by Gasteiger charge is 2.30. The Kier molecular flexibility index (Phi) is 9.92. The van der Waals surface area contributed by atoms with Crippen LogP contribution in [0.3, 0.4) is 0 Å².